The highest BCUT2D eigenvalue weighted by Crippen LogP contribution is 2.34. The third kappa shape index (κ3) is 3.94. The zero-order chi connectivity index (χ0) is 18.8. The van der Waals surface area contributed by atoms with E-state index in [0.29, 0.717) is 29.0 Å². The first kappa shape index (κ1) is 17.9. The highest BCUT2D eigenvalue weighted by atomic mass is 32.2. The summed E-state index contributed by atoms with van der Waals surface area (Å²) in [5.41, 5.74) is 2.01. The third-order valence-corrected chi connectivity index (χ3v) is 5.53. The summed E-state index contributed by atoms with van der Waals surface area (Å²) in [7, 11) is 1.74. The van der Waals surface area contributed by atoms with Gasteiger partial charge in [-0.2, -0.15) is 0 Å². The number of likely N-dealkylation sites (N-methyl/N-ethyl adjacent to an activating group) is 1. The normalized spacial score (nSPS) is 20.9. The van der Waals surface area contributed by atoms with E-state index >= 15 is 0 Å². The van der Waals surface area contributed by atoms with Crippen LogP contribution in [0.15, 0.2) is 50.7 Å². The number of carbonyl (C=O) groups is 1. The van der Waals surface area contributed by atoms with Gasteiger partial charge in [0.2, 0.25) is 0 Å². The van der Waals surface area contributed by atoms with Crippen molar-refractivity contribution in [3.05, 3.63) is 52.6 Å². The first-order valence-corrected chi connectivity index (χ1v) is 9.67. The molecule has 2 saturated heterocycles. The average molecular weight is 383 g/mol. The second kappa shape index (κ2) is 7.62. The van der Waals surface area contributed by atoms with Crippen molar-refractivity contribution >= 4 is 40.5 Å². The van der Waals surface area contributed by atoms with Gasteiger partial charge >= 0.3 is 0 Å². The van der Waals surface area contributed by atoms with Crippen LogP contribution in [-0.2, 0) is 9.53 Å². The molecule has 1 aromatic heterocycles. The molecule has 27 heavy (non-hydrogen) atoms. The maximum absolute atomic E-state index is 12.6. The van der Waals surface area contributed by atoms with E-state index in [1.807, 2.05) is 43.3 Å². The molecule has 0 aliphatic carbocycles. The van der Waals surface area contributed by atoms with Gasteiger partial charge in [0.15, 0.2) is 11.1 Å². The van der Waals surface area contributed by atoms with Gasteiger partial charge in [-0.1, -0.05) is 17.7 Å². The Bertz CT molecular complexity index is 895. The van der Waals surface area contributed by atoms with Crippen molar-refractivity contribution in [3.63, 3.8) is 0 Å². The fourth-order valence-electron chi connectivity index (χ4n) is 2.88. The van der Waals surface area contributed by atoms with E-state index < -0.39 is 0 Å². The average Bonchev–Trinajstić information content (AvgIpc) is 3.26. The van der Waals surface area contributed by atoms with Gasteiger partial charge in [-0.05, 0) is 36.9 Å². The number of carbonyl (C=O) groups excluding carboxylic acids is 1. The first-order valence-electron chi connectivity index (χ1n) is 8.86. The van der Waals surface area contributed by atoms with E-state index in [4.69, 9.17) is 9.15 Å². The Hall–Kier alpha value is -2.51. The van der Waals surface area contributed by atoms with Crippen molar-refractivity contribution in [2.75, 3.05) is 38.3 Å². The number of hydrogen-bond donors (Lipinski definition) is 0. The molecular formula is C20H21N3O3S. The molecule has 0 N–H and O–H groups in total. The van der Waals surface area contributed by atoms with Gasteiger partial charge in [0.1, 0.15) is 5.76 Å². The molecule has 2 aromatic rings. The molecule has 6 nitrogen and oxygen atoms in total. The molecule has 2 aliphatic rings. The molecule has 0 unspecified atom stereocenters. The number of thioether (sulfide) groups is 1. The molecule has 2 aliphatic heterocycles. The largest absolute Gasteiger partial charge is 0.441 e. The van der Waals surface area contributed by atoms with Crippen LogP contribution in [0.4, 0.5) is 11.6 Å². The highest BCUT2D eigenvalue weighted by molar-refractivity contribution is 8.18. The first-order chi connectivity index (χ1) is 13.1. The lowest BCUT2D eigenvalue weighted by molar-refractivity contribution is -0.121. The molecule has 0 spiro atoms. The lowest BCUT2D eigenvalue weighted by Gasteiger charge is -2.26. The Morgan fingerprint density at radius 1 is 1.11 bits per heavy atom. The van der Waals surface area contributed by atoms with Crippen molar-refractivity contribution in [3.8, 4) is 0 Å². The van der Waals surface area contributed by atoms with Gasteiger partial charge in [0.05, 0.1) is 23.8 Å². The van der Waals surface area contributed by atoms with E-state index in [9.17, 15) is 4.79 Å². The number of furan rings is 1. The van der Waals surface area contributed by atoms with Crippen LogP contribution in [0.2, 0.25) is 0 Å². The molecule has 7 heteroatoms. The Morgan fingerprint density at radius 3 is 2.59 bits per heavy atom. The van der Waals surface area contributed by atoms with Crippen LogP contribution in [0.25, 0.3) is 6.08 Å². The summed E-state index contributed by atoms with van der Waals surface area (Å²) < 4.78 is 11.3. The van der Waals surface area contributed by atoms with Crippen molar-refractivity contribution in [1.29, 1.82) is 0 Å². The molecule has 2 fully saturated rings. The van der Waals surface area contributed by atoms with Gasteiger partial charge in [-0.25, -0.2) is 4.99 Å². The smallest absolute Gasteiger partial charge is 0.266 e. The second-order valence-corrected chi connectivity index (χ2v) is 7.49. The van der Waals surface area contributed by atoms with E-state index in [-0.39, 0.29) is 5.91 Å². The number of nitrogens with zero attached hydrogens (tertiary/aromatic N) is 3. The number of hydrogen-bond acceptors (Lipinski definition) is 6. The van der Waals surface area contributed by atoms with Crippen LogP contribution >= 0.6 is 11.8 Å². The van der Waals surface area contributed by atoms with E-state index in [2.05, 4.69) is 9.89 Å². The van der Waals surface area contributed by atoms with Gasteiger partial charge in [0.25, 0.3) is 5.91 Å². The van der Waals surface area contributed by atoms with E-state index in [0.717, 1.165) is 24.7 Å². The minimum absolute atomic E-state index is 0.0739. The number of ether oxygens (including phenoxy) is 1. The SMILES string of the molecule is Cc1ccc(N=C2S/C(=C/c3ccc(N4CCOCC4)o3)C(=O)N2C)cc1. The molecule has 140 valence electrons. The number of morpholine rings is 1. The lowest BCUT2D eigenvalue weighted by Crippen LogP contribution is -2.35. The van der Waals surface area contributed by atoms with Crippen LogP contribution in [0.3, 0.4) is 0 Å². The summed E-state index contributed by atoms with van der Waals surface area (Å²) in [5, 5.41) is 0.662. The Labute approximate surface area is 162 Å². The standard InChI is InChI=1S/C20H21N3O3S/c1-14-3-5-15(6-4-14)21-20-22(2)19(24)17(27-20)13-16-7-8-18(26-16)23-9-11-25-12-10-23/h3-8,13H,9-12H2,1-2H3/b17-13+,21-20?. The fraction of sp³-hybridized carbons (Fsp3) is 0.300. The highest BCUT2D eigenvalue weighted by Gasteiger charge is 2.30. The van der Waals surface area contributed by atoms with Gasteiger partial charge < -0.3 is 14.1 Å². The van der Waals surface area contributed by atoms with E-state index in [1.165, 1.54) is 17.3 Å². The Kier molecular flexibility index (Phi) is 5.05. The van der Waals surface area contributed by atoms with Gasteiger partial charge in [-0.3, -0.25) is 9.69 Å². The van der Waals surface area contributed by atoms with Crippen LogP contribution in [0.5, 0.6) is 0 Å². The summed E-state index contributed by atoms with van der Waals surface area (Å²) in [6.07, 6.45) is 1.78. The van der Waals surface area contributed by atoms with Gasteiger partial charge in [-0.15, -0.1) is 0 Å². The molecule has 1 amide bonds. The number of amidine groups is 1. The summed E-state index contributed by atoms with van der Waals surface area (Å²) >= 11 is 1.36. The molecular weight excluding hydrogens is 362 g/mol. The second-order valence-electron chi connectivity index (χ2n) is 6.48. The van der Waals surface area contributed by atoms with Crippen molar-refractivity contribution in [2.45, 2.75) is 6.92 Å². The molecule has 0 radical (unpaired) electrons. The number of anilines is 1. The van der Waals surface area contributed by atoms with Crippen LogP contribution in [0, 0.1) is 6.92 Å². The quantitative estimate of drug-likeness (QED) is 0.757. The fourth-order valence-corrected chi connectivity index (χ4v) is 3.85. The number of aryl methyl sites for hydroxylation is 1. The topological polar surface area (TPSA) is 58.3 Å². The predicted molar refractivity (Wildman–Crippen MR) is 108 cm³/mol. The minimum Gasteiger partial charge on any atom is -0.441 e. The summed E-state index contributed by atoms with van der Waals surface area (Å²) in [6, 6.07) is 11.7. The summed E-state index contributed by atoms with van der Waals surface area (Å²) in [5.74, 6) is 1.40. The van der Waals surface area contributed by atoms with Crippen molar-refractivity contribution < 1.29 is 13.9 Å². The molecule has 0 atom stereocenters. The number of benzene rings is 1. The monoisotopic (exact) mass is 383 g/mol. The van der Waals surface area contributed by atoms with Crippen LogP contribution in [-0.4, -0.2) is 49.3 Å². The molecule has 1 aromatic carbocycles. The zero-order valence-electron chi connectivity index (χ0n) is 15.3. The number of rotatable bonds is 3. The summed E-state index contributed by atoms with van der Waals surface area (Å²) in [6.45, 7) is 5.07. The lowest BCUT2D eigenvalue weighted by atomic mass is 10.2. The summed E-state index contributed by atoms with van der Waals surface area (Å²) in [4.78, 5) is 21.5. The Morgan fingerprint density at radius 2 is 1.85 bits per heavy atom. The minimum atomic E-state index is -0.0739. The van der Waals surface area contributed by atoms with Crippen LogP contribution < -0.4 is 4.90 Å². The maximum atomic E-state index is 12.6. The zero-order valence-corrected chi connectivity index (χ0v) is 16.2. The van der Waals surface area contributed by atoms with Crippen molar-refractivity contribution in [2.24, 2.45) is 4.99 Å². The Balaban J connectivity index is 1.53. The predicted octanol–water partition coefficient (Wildman–Crippen LogP) is 3.66. The van der Waals surface area contributed by atoms with E-state index in [1.54, 1.807) is 18.0 Å². The van der Waals surface area contributed by atoms with Crippen molar-refractivity contribution in [1.82, 2.24) is 4.90 Å². The number of amides is 1. The maximum Gasteiger partial charge on any atom is 0.266 e. The molecule has 0 bridgehead atoms. The number of aliphatic imine (C=N–C) groups is 1. The van der Waals surface area contributed by atoms with Crippen LogP contribution in [0.1, 0.15) is 11.3 Å². The van der Waals surface area contributed by atoms with Gasteiger partial charge in [0, 0.05) is 32.3 Å². The molecule has 0 saturated carbocycles. The molecule has 3 heterocycles. The molecule has 4 rings (SSSR count). The third-order valence-electron chi connectivity index (χ3n) is 4.47.